The van der Waals surface area contributed by atoms with Crippen molar-refractivity contribution in [3.63, 3.8) is 0 Å². The number of rotatable bonds is 4. The third kappa shape index (κ3) is 3.59. The van der Waals surface area contributed by atoms with Crippen LogP contribution in [0.3, 0.4) is 0 Å². The van der Waals surface area contributed by atoms with E-state index in [1.807, 2.05) is 6.07 Å². The van der Waals surface area contributed by atoms with Gasteiger partial charge in [-0.2, -0.15) is 5.26 Å². The van der Waals surface area contributed by atoms with Crippen LogP contribution in [0.4, 0.5) is 5.88 Å². The first-order valence-electron chi connectivity index (χ1n) is 5.85. The lowest BCUT2D eigenvalue weighted by Gasteiger charge is -2.09. The first kappa shape index (κ1) is 14.1. The molecule has 1 atom stereocenters. The van der Waals surface area contributed by atoms with Crippen molar-refractivity contribution < 1.29 is 9.32 Å². The maximum absolute atomic E-state index is 12.0. The molecule has 0 fully saturated rings. The fraction of sp³-hybridized carbons (Fsp3) is 0.231. The fourth-order valence-electron chi connectivity index (χ4n) is 1.42. The number of aryl methyl sites for hydroxylation is 1. The van der Waals surface area contributed by atoms with Crippen molar-refractivity contribution in [2.45, 2.75) is 24.1 Å². The van der Waals surface area contributed by atoms with Crippen LogP contribution >= 0.6 is 11.8 Å². The van der Waals surface area contributed by atoms with Crippen molar-refractivity contribution in [2.24, 2.45) is 0 Å². The summed E-state index contributed by atoms with van der Waals surface area (Å²) in [6, 6.07) is 6.94. The number of carbonyl (C=O) groups excluding carboxylic acids is 1. The lowest BCUT2D eigenvalue weighted by molar-refractivity contribution is -0.115. The van der Waals surface area contributed by atoms with Gasteiger partial charge in [0.2, 0.25) is 11.8 Å². The highest BCUT2D eigenvalue weighted by Crippen LogP contribution is 2.23. The molecule has 0 saturated heterocycles. The van der Waals surface area contributed by atoms with Crippen molar-refractivity contribution in [1.82, 2.24) is 10.1 Å². The largest absolute Gasteiger partial charge is 0.338 e. The molecular weight excluding hydrogens is 276 g/mol. The molecule has 7 heteroatoms. The summed E-state index contributed by atoms with van der Waals surface area (Å²) in [5.74, 6) is 0.106. The number of nitriles is 1. The minimum atomic E-state index is -0.373. The maximum atomic E-state index is 12.0. The lowest BCUT2D eigenvalue weighted by atomic mass is 10.3. The third-order valence-corrected chi connectivity index (χ3v) is 3.44. The number of anilines is 1. The number of amides is 1. The highest BCUT2D eigenvalue weighted by molar-refractivity contribution is 8.00. The van der Waals surface area contributed by atoms with Crippen LogP contribution in [0.25, 0.3) is 0 Å². The minimum absolute atomic E-state index is 0.213. The molecule has 0 saturated carbocycles. The fourth-order valence-corrected chi connectivity index (χ4v) is 2.27. The Morgan fingerprint density at radius 2 is 2.35 bits per heavy atom. The first-order valence-corrected chi connectivity index (χ1v) is 6.73. The van der Waals surface area contributed by atoms with E-state index in [0.29, 0.717) is 22.2 Å². The smallest absolute Gasteiger partial charge is 0.240 e. The molecule has 0 aromatic carbocycles. The van der Waals surface area contributed by atoms with Gasteiger partial charge in [-0.1, -0.05) is 16.9 Å². The summed E-state index contributed by atoms with van der Waals surface area (Å²) in [5, 5.41) is 15.4. The van der Waals surface area contributed by atoms with Gasteiger partial charge in [0, 0.05) is 12.3 Å². The number of hydrogen-bond acceptors (Lipinski definition) is 6. The zero-order valence-electron chi connectivity index (χ0n) is 11.0. The molecule has 0 aliphatic rings. The molecule has 2 aromatic rings. The van der Waals surface area contributed by atoms with Crippen LogP contribution in [0.5, 0.6) is 0 Å². The number of nitrogens with one attached hydrogen (secondary N) is 1. The Balaban J connectivity index is 1.98. The molecule has 2 aromatic heterocycles. The highest BCUT2D eigenvalue weighted by atomic mass is 32.2. The Kier molecular flexibility index (Phi) is 4.38. The van der Waals surface area contributed by atoms with E-state index in [0.717, 1.165) is 0 Å². The monoisotopic (exact) mass is 288 g/mol. The molecule has 102 valence electrons. The van der Waals surface area contributed by atoms with Crippen molar-refractivity contribution in [2.75, 3.05) is 5.32 Å². The van der Waals surface area contributed by atoms with Crippen LogP contribution in [-0.2, 0) is 4.79 Å². The molecule has 6 nitrogen and oxygen atoms in total. The molecular formula is C13H12N4O2S. The maximum Gasteiger partial charge on any atom is 0.240 e. The summed E-state index contributed by atoms with van der Waals surface area (Å²) < 4.78 is 4.92. The molecule has 20 heavy (non-hydrogen) atoms. The van der Waals surface area contributed by atoms with Gasteiger partial charge in [0.25, 0.3) is 0 Å². The summed E-state index contributed by atoms with van der Waals surface area (Å²) >= 11 is 1.27. The molecule has 0 aliphatic carbocycles. The van der Waals surface area contributed by atoms with Crippen LogP contribution in [0.1, 0.15) is 18.2 Å². The SMILES string of the molecule is Cc1cc(NC(=O)C(C)Sc2cc(C#N)ccn2)on1. The van der Waals surface area contributed by atoms with Crippen molar-refractivity contribution in [1.29, 1.82) is 5.26 Å². The van der Waals surface area contributed by atoms with Crippen molar-refractivity contribution >= 4 is 23.6 Å². The summed E-state index contributed by atoms with van der Waals surface area (Å²) in [6.07, 6.45) is 1.55. The molecule has 2 heterocycles. The van der Waals surface area contributed by atoms with E-state index in [4.69, 9.17) is 9.78 Å². The van der Waals surface area contributed by atoms with Gasteiger partial charge in [-0.3, -0.25) is 10.1 Å². The average Bonchev–Trinajstić information content (AvgIpc) is 2.84. The second-order valence-corrected chi connectivity index (χ2v) is 5.44. The normalized spacial score (nSPS) is 11.7. The Morgan fingerprint density at radius 3 is 3.00 bits per heavy atom. The third-order valence-electron chi connectivity index (χ3n) is 2.41. The van der Waals surface area contributed by atoms with Crippen LogP contribution in [0, 0.1) is 18.3 Å². The highest BCUT2D eigenvalue weighted by Gasteiger charge is 2.17. The summed E-state index contributed by atoms with van der Waals surface area (Å²) in [4.78, 5) is 16.1. The Bertz CT molecular complexity index is 662. The number of thioether (sulfide) groups is 1. The lowest BCUT2D eigenvalue weighted by Crippen LogP contribution is -2.22. The van der Waals surface area contributed by atoms with Crippen LogP contribution in [0.2, 0.25) is 0 Å². The van der Waals surface area contributed by atoms with Gasteiger partial charge < -0.3 is 4.52 Å². The first-order chi connectivity index (χ1) is 9.58. The molecule has 1 N–H and O–H groups in total. The Morgan fingerprint density at radius 1 is 1.55 bits per heavy atom. The van der Waals surface area contributed by atoms with Gasteiger partial charge in [-0.15, -0.1) is 0 Å². The quantitative estimate of drug-likeness (QED) is 0.868. The molecule has 1 unspecified atom stereocenters. The zero-order valence-corrected chi connectivity index (χ0v) is 11.8. The van der Waals surface area contributed by atoms with E-state index in [9.17, 15) is 4.79 Å². The summed E-state index contributed by atoms with van der Waals surface area (Å²) in [5.41, 5.74) is 1.21. The zero-order chi connectivity index (χ0) is 14.5. The predicted molar refractivity (Wildman–Crippen MR) is 74.1 cm³/mol. The predicted octanol–water partition coefficient (Wildman–Crippen LogP) is 2.37. The van der Waals surface area contributed by atoms with E-state index in [2.05, 4.69) is 15.5 Å². The molecule has 0 aliphatic heterocycles. The van der Waals surface area contributed by atoms with Gasteiger partial charge in [0.15, 0.2) is 0 Å². The minimum Gasteiger partial charge on any atom is -0.338 e. The second-order valence-electron chi connectivity index (χ2n) is 4.08. The molecule has 0 radical (unpaired) electrons. The number of aromatic nitrogens is 2. The van der Waals surface area contributed by atoms with Gasteiger partial charge in [-0.05, 0) is 26.0 Å². The van der Waals surface area contributed by atoms with Gasteiger partial charge in [0.1, 0.15) is 0 Å². The molecule has 2 rings (SSSR count). The number of nitrogens with zero attached hydrogens (tertiary/aromatic N) is 3. The summed E-state index contributed by atoms with van der Waals surface area (Å²) in [7, 11) is 0. The van der Waals surface area contributed by atoms with Crippen molar-refractivity contribution in [3.05, 3.63) is 35.7 Å². The molecule has 1 amide bonds. The number of carbonyl (C=O) groups is 1. The van der Waals surface area contributed by atoms with Crippen LogP contribution in [0.15, 0.2) is 33.9 Å². The van der Waals surface area contributed by atoms with E-state index in [-0.39, 0.29) is 11.2 Å². The van der Waals surface area contributed by atoms with E-state index in [1.165, 1.54) is 11.8 Å². The van der Waals surface area contributed by atoms with E-state index < -0.39 is 0 Å². The van der Waals surface area contributed by atoms with Crippen molar-refractivity contribution in [3.8, 4) is 6.07 Å². The number of pyridine rings is 1. The van der Waals surface area contributed by atoms with Crippen LogP contribution in [-0.4, -0.2) is 21.3 Å². The second kappa shape index (κ2) is 6.21. The van der Waals surface area contributed by atoms with Crippen LogP contribution < -0.4 is 5.32 Å². The Labute approximate surface area is 120 Å². The topological polar surface area (TPSA) is 91.8 Å². The van der Waals surface area contributed by atoms with Gasteiger partial charge >= 0.3 is 0 Å². The number of hydrogen-bond donors (Lipinski definition) is 1. The average molecular weight is 288 g/mol. The van der Waals surface area contributed by atoms with Gasteiger partial charge in [-0.25, -0.2) is 4.98 Å². The molecule has 0 spiro atoms. The summed E-state index contributed by atoms with van der Waals surface area (Å²) in [6.45, 7) is 3.53. The standard InChI is InChI=1S/C13H12N4O2S/c1-8-5-11(19-17-8)16-13(18)9(2)20-12-6-10(7-14)3-4-15-12/h3-6,9H,1-2H3,(H,16,18). The van der Waals surface area contributed by atoms with E-state index >= 15 is 0 Å². The van der Waals surface area contributed by atoms with E-state index in [1.54, 1.807) is 38.2 Å². The Hall–Kier alpha value is -2.33. The molecule has 0 bridgehead atoms. The van der Waals surface area contributed by atoms with Gasteiger partial charge in [0.05, 0.1) is 27.6 Å².